The molecule has 2 rings (SSSR count). The number of ether oxygens (including phenoxy) is 1. The summed E-state index contributed by atoms with van der Waals surface area (Å²) < 4.78 is 19.5. The fourth-order valence-corrected chi connectivity index (χ4v) is 2.79. The third-order valence-electron chi connectivity index (χ3n) is 2.89. The number of benzene rings is 1. The zero-order valence-corrected chi connectivity index (χ0v) is 12.9. The Bertz CT molecular complexity index is 532. The summed E-state index contributed by atoms with van der Waals surface area (Å²) in [5.74, 6) is 0.299. The Balaban J connectivity index is 2.23. The van der Waals surface area contributed by atoms with E-state index < -0.39 is 0 Å². The topological polar surface area (TPSA) is 35.2 Å². The van der Waals surface area contributed by atoms with E-state index in [9.17, 15) is 4.39 Å². The summed E-state index contributed by atoms with van der Waals surface area (Å²) in [6.07, 6.45) is 0.594. The van der Waals surface area contributed by atoms with Crippen LogP contribution >= 0.6 is 27.3 Å². The summed E-state index contributed by atoms with van der Waals surface area (Å²) in [4.78, 5) is 0. The smallest absolute Gasteiger partial charge is 0.140 e. The predicted molar refractivity (Wildman–Crippen MR) is 80.1 cm³/mol. The van der Waals surface area contributed by atoms with Crippen molar-refractivity contribution in [1.29, 1.82) is 0 Å². The Morgan fingerprint density at radius 2 is 2.21 bits per heavy atom. The quantitative estimate of drug-likeness (QED) is 0.866. The SMILES string of the molecule is CCC(N)C(Oc1ccc(F)c(Br)c1)c1ccsc1. The minimum Gasteiger partial charge on any atom is -0.484 e. The van der Waals surface area contributed by atoms with Crippen molar-refractivity contribution >= 4 is 27.3 Å². The first kappa shape index (κ1) is 14.5. The van der Waals surface area contributed by atoms with Gasteiger partial charge in [0.25, 0.3) is 0 Å². The molecule has 1 heterocycles. The van der Waals surface area contributed by atoms with Crippen molar-refractivity contribution in [2.24, 2.45) is 5.73 Å². The number of hydrogen-bond donors (Lipinski definition) is 1. The summed E-state index contributed by atoms with van der Waals surface area (Å²) in [6.45, 7) is 2.02. The predicted octanol–water partition coefficient (Wildman–Crippen LogP) is 4.51. The molecule has 2 N–H and O–H groups in total. The molecule has 0 saturated heterocycles. The second-order valence-electron chi connectivity index (χ2n) is 4.24. The maximum Gasteiger partial charge on any atom is 0.140 e. The van der Waals surface area contributed by atoms with Gasteiger partial charge in [-0.15, -0.1) is 0 Å². The lowest BCUT2D eigenvalue weighted by atomic mass is 10.0. The van der Waals surface area contributed by atoms with Crippen LogP contribution in [-0.4, -0.2) is 6.04 Å². The van der Waals surface area contributed by atoms with Crippen LogP contribution in [0.25, 0.3) is 0 Å². The highest BCUT2D eigenvalue weighted by Gasteiger charge is 2.21. The normalized spacial score (nSPS) is 14.1. The fraction of sp³-hybridized carbons (Fsp3) is 0.286. The lowest BCUT2D eigenvalue weighted by Gasteiger charge is -2.23. The molecule has 0 fully saturated rings. The van der Waals surface area contributed by atoms with Crippen molar-refractivity contribution in [2.45, 2.75) is 25.5 Å². The van der Waals surface area contributed by atoms with Crippen molar-refractivity contribution in [3.63, 3.8) is 0 Å². The van der Waals surface area contributed by atoms with Gasteiger partial charge in [-0.2, -0.15) is 11.3 Å². The number of hydrogen-bond acceptors (Lipinski definition) is 3. The third kappa shape index (κ3) is 3.55. The number of thiophene rings is 1. The van der Waals surface area contributed by atoms with Crippen LogP contribution in [0.5, 0.6) is 5.75 Å². The Hall–Kier alpha value is -0.910. The Kier molecular flexibility index (Phi) is 4.96. The van der Waals surface area contributed by atoms with Crippen molar-refractivity contribution in [1.82, 2.24) is 0 Å². The standard InChI is InChI=1S/C14H15BrFNOS/c1-2-13(17)14(9-5-6-19-8-9)18-10-3-4-12(16)11(15)7-10/h3-8,13-14H,2,17H2,1H3. The Morgan fingerprint density at radius 3 is 2.79 bits per heavy atom. The monoisotopic (exact) mass is 343 g/mol. The first-order valence-electron chi connectivity index (χ1n) is 6.01. The third-order valence-corrected chi connectivity index (χ3v) is 4.20. The molecule has 0 aliphatic carbocycles. The Labute approximate surface area is 124 Å². The van der Waals surface area contributed by atoms with Gasteiger partial charge in [-0.3, -0.25) is 0 Å². The molecule has 0 amide bonds. The maximum atomic E-state index is 13.2. The molecular weight excluding hydrogens is 329 g/mol. The molecule has 5 heteroatoms. The van der Waals surface area contributed by atoms with Crippen LogP contribution < -0.4 is 10.5 Å². The van der Waals surface area contributed by atoms with E-state index in [0.717, 1.165) is 12.0 Å². The lowest BCUT2D eigenvalue weighted by Crippen LogP contribution is -2.31. The number of nitrogens with two attached hydrogens (primary N) is 1. The zero-order valence-electron chi connectivity index (χ0n) is 10.5. The summed E-state index contributed by atoms with van der Waals surface area (Å²) in [5.41, 5.74) is 7.17. The maximum absolute atomic E-state index is 13.2. The Morgan fingerprint density at radius 1 is 1.42 bits per heavy atom. The van der Waals surface area contributed by atoms with E-state index in [4.69, 9.17) is 10.5 Å². The van der Waals surface area contributed by atoms with Gasteiger partial charge in [-0.25, -0.2) is 4.39 Å². The van der Waals surface area contributed by atoms with Crippen LogP contribution in [0.1, 0.15) is 25.0 Å². The van der Waals surface area contributed by atoms with Crippen LogP contribution in [0, 0.1) is 5.82 Å². The molecule has 0 radical (unpaired) electrons. The molecule has 0 spiro atoms. The van der Waals surface area contributed by atoms with Crippen molar-refractivity contribution < 1.29 is 9.13 Å². The molecule has 2 nitrogen and oxygen atoms in total. The molecule has 0 aliphatic heterocycles. The summed E-state index contributed by atoms with van der Waals surface area (Å²) >= 11 is 4.76. The van der Waals surface area contributed by atoms with Crippen LogP contribution in [0.15, 0.2) is 39.5 Å². The van der Waals surface area contributed by atoms with Gasteiger partial charge in [0.1, 0.15) is 17.7 Å². The molecule has 2 atom stereocenters. The highest BCUT2D eigenvalue weighted by atomic mass is 79.9. The van der Waals surface area contributed by atoms with Gasteiger partial charge in [0, 0.05) is 11.6 Å². The minimum absolute atomic E-state index is 0.0987. The van der Waals surface area contributed by atoms with E-state index >= 15 is 0 Å². The average Bonchev–Trinajstić information content (AvgIpc) is 2.93. The van der Waals surface area contributed by atoms with Gasteiger partial charge >= 0.3 is 0 Å². The molecule has 0 aliphatic rings. The van der Waals surface area contributed by atoms with Gasteiger partial charge in [0.15, 0.2) is 0 Å². The molecule has 2 unspecified atom stereocenters. The second kappa shape index (κ2) is 6.50. The van der Waals surface area contributed by atoms with Crippen LogP contribution in [0.4, 0.5) is 4.39 Å². The van der Waals surface area contributed by atoms with E-state index in [2.05, 4.69) is 15.9 Å². The molecular formula is C14H15BrFNOS. The zero-order chi connectivity index (χ0) is 13.8. The molecule has 1 aromatic heterocycles. The van der Waals surface area contributed by atoms with Gasteiger partial charge in [-0.05, 0) is 57.4 Å². The summed E-state index contributed by atoms with van der Waals surface area (Å²) in [6, 6.07) is 6.52. The first-order chi connectivity index (χ1) is 9.11. The van der Waals surface area contributed by atoms with Gasteiger partial charge in [-0.1, -0.05) is 6.92 Å². The lowest BCUT2D eigenvalue weighted by molar-refractivity contribution is 0.171. The van der Waals surface area contributed by atoms with Crippen molar-refractivity contribution in [2.75, 3.05) is 0 Å². The van der Waals surface area contributed by atoms with Crippen molar-refractivity contribution in [3.05, 3.63) is 50.9 Å². The molecule has 0 bridgehead atoms. The van der Waals surface area contributed by atoms with Gasteiger partial charge in [0.2, 0.25) is 0 Å². The molecule has 102 valence electrons. The van der Waals surface area contributed by atoms with Crippen LogP contribution in [0.3, 0.4) is 0 Å². The molecule has 19 heavy (non-hydrogen) atoms. The van der Waals surface area contributed by atoms with E-state index in [1.165, 1.54) is 6.07 Å². The fourth-order valence-electron chi connectivity index (χ4n) is 1.75. The van der Waals surface area contributed by atoms with Crippen LogP contribution in [-0.2, 0) is 0 Å². The largest absolute Gasteiger partial charge is 0.484 e. The van der Waals surface area contributed by atoms with E-state index in [0.29, 0.717) is 10.2 Å². The summed E-state index contributed by atoms with van der Waals surface area (Å²) in [7, 11) is 0. The van der Waals surface area contributed by atoms with Crippen LogP contribution in [0.2, 0.25) is 0 Å². The van der Waals surface area contributed by atoms with Gasteiger partial charge in [0.05, 0.1) is 4.47 Å². The molecule has 1 aromatic carbocycles. The molecule has 2 aromatic rings. The average molecular weight is 344 g/mol. The first-order valence-corrected chi connectivity index (χ1v) is 7.74. The minimum atomic E-state index is -0.306. The molecule has 0 saturated carbocycles. The highest BCUT2D eigenvalue weighted by Crippen LogP contribution is 2.29. The van der Waals surface area contributed by atoms with E-state index in [1.54, 1.807) is 23.5 Å². The number of halogens is 2. The number of rotatable bonds is 5. The van der Waals surface area contributed by atoms with E-state index in [1.807, 2.05) is 23.8 Å². The second-order valence-corrected chi connectivity index (χ2v) is 5.88. The highest BCUT2D eigenvalue weighted by molar-refractivity contribution is 9.10. The van der Waals surface area contributed by atoms with E-state index in [-0.39, 0.29) is 18.0 Å². The summed E-state index contributed by atoms with van der Waals surface area (Å²) in [5, 5.41) is 4.02. The van der Waals surface area contributed by atoms with Crippen molar-refractivity contribution in [3.8, 4) is 5.75 Å². The van der Waals surface area contributed by atoms with Gasteiger partial charge < -0.3 is 10.5 Å².